The van der Waals surface area contributed by atoms with E-state index in [1.165, 1.54) is 36.4 Å². The molecule has 1 N–H and O–H groups in total. The molecular formula is C17H15F3O3. The van der Waals surface area contributed by atoms with Crippen LogP contribution in [0.5, 0.6) is 0 Å². The van der Waals surface area contributed by atoms with Crippen LogP contribution in [-0.4, -0.2) is 23.2 Å². The molecule has 0 heterocycles. The molecule has 0 bridgehead atoms. The van der Waals surface area contributed by atoms with E-state index in [-0.39, 0.29) is 11.1 Å². The van der Waals surface area contributed by atoms with Gasteiger partial charge >= 0.3 is 6.18 Å². The van der Waals surface area contributed by atoms with Gasteiger partial charge in [-0.25, -0.2) is 0 Å². The highest BCUT2D eigenvalue weighted by molar-refractivity contribution is 6.01. The summed E-state index contributed by atoms with van der Waals surface area (Å²) in [5.41, 5.74) is -0.0156. The van der Waals surface area contributed by atoms with Crippen LogP contribution in [0.15, 0.2) is 60.7 Å². The maximum atomic E-state index is 12.8. The summed E-state index contributed by atoms with van der Waals surface area (Å²) in [6.45, 7) is 0.742. The number of hydrogen-bond donors (Lipinski definition) is 1. The fourth-order valence-corrected chi connectivity index (χ4v) is 2.02. The maximum Gasteiger partial charge on any atom is 0.414 e. The van der Waals surface area contributed by atoms with Crippen LogP contribution in [0.4, 0.5) is 13.2 Å². The van der Waals surface area contributed by atoms with E-state index in [9.17, 15) is 23.1 Å². The Morgan fingerprint density at radius 3 is 1.96 bits per heavy atom. The van der Waals surface area contributed by atoms with Crippen molar-refractivity contribution in [1.82, 2.24) is 0 Å². The highest BCUT2D eigenvalue weighted by Gasteiger charge is 2.47. The fraction of sp³-hybridized carbons (Fsp3) is 0.235. The van der Waals surface area contributed by atoms with E-state index in [4.69, 9.17) is 4.74 Å². The van der Waals surface area contributed by atoms with Crippen LogP contribution < -0.4 is 0 Å². The summed E-state index contributed by atoms with van der Waals surface area (Å²) >= 11 is 0. The third kappa shape index (κ3) is 3.78. The van der Waals surface area contributed by atoms with Crippen molar-refractivity contribution in [3.8, 4) is 0 Å². The molecule has 2 aromatic carbocycles. The summed E-state index contributed by atoms with van der Waals surface area (Å²) in [4.78, 5) is 12.6. The Hall–Kier alpha value is -2.18. The third-order valence-corrected chi connectivity index (χ3v) is 3.32. The van der Waals surface area contributed by atoms with Crippen molar-refractivity contribution < 1.29 is 27.8 Å². The van der Waals surface area contributed by atoms with Crippen molar-refractivity contribution >= 4 is 5.78 Å². The molecule has 6 heteroatoms. The lowest BCUT2D eigenvalue weighted by molar-refractivity contribution is -0.285. The number of ether oxygens (including phenoxy) is 1. The van der Waals surface area contributed by atoms with Gasteiger partial charge in [-0.15, -0.1) is 0 Å². The van der Waals surface area contributed by atoms with Crippen molar-refractivity contribution in [3.05, 3.63) is 71.8 Å². The number of carbonyl (C=O) groups is 1. The number of aliphatic hydroxyl groups is 1. The van der Waals surface area contributed by atoms with Gasteiger partial charge in [0.25, 0.3) is 5.79 Å². The van der Waals surface area contributed by atoms with Crippen molar-refractivity contribution in [3.63, 3.8) is 0 Å². The van der Waals surface area contributed by atoms with Gasteiger partial charge in [-0.2, -0.15) is 13.2 Å². The number of halogens is 3. The van der Waals surface area contributed by atoms with Crippen LogP contribution in [0.2, 0.25) is 0 Å². The molecule has 0 saturated carbocycles. The Morgan fingerprint density at radius 2 is 1.48 bits per heavy atom. The Kier molecular flexibility index (Phi) is 4.87. The number of ketones is 1. The molecule has 0 radical (unpaired) electrons. The van der Waals surface area contributed by atoms with Gasteiger partial charge in [-0.05, 0) is 6.92 Å². The van der Waals surface area contributed by atoms with E-state index in [1.54, 1.807) is 24.3 Å². The summed E-state index contributed by atoms with van der Waals surface area (Å²) < 4.78 is 43.2. The van der Waals surface area contributed by atoms with Crippen LogP contribution in [0, 0.1) is 0 Å². The smallest absolute Gasteiger partial charge is 0.356 e. The van der Waals surface area contributed by atoms with Gasteiger partial charge in [0.1, 0.15) is 0 Å². The molecule has 0 fully saturated rings. The van der Waals surface area contributed by atoms with Gasteiger partial charge < -0.3 is 9.84 Å². The highest BCUT2D eigenvalue weighted by atomic mass is 19.4. The predicted octanol–water partition coefficient (Wildman–Crippen LogP) is 3.68. The Labute approximate surface area is 131 Å². The summed E-state index contributed by atoms with van der Waals surface area (Å²) in [6.07, 6.45) is -7.03. The second-order valence-corrected chi connectivity index (χ2v) is 5.01. The van der Waals surface area contributed by atoms with E-state index >= 15 is 0 Å². The van der Waals surface area contributed by atoms with Crippen molar-refractivity contribution in [2.45, 2.75) is 25.0 Å². The zero-order valence-electron chi connectivity index (χ0n) is 12.2. The lowest BCUT2D eigenvalue weighted by atomic mass is 9.96. The first kappa shape index (κ1) is 17.2. The first-order valence-corrected chi connectivity index (χ1v) is 6.87. The maximum absolute atomic E-state index is 12.8. The Bertz CT molecular complexity index is 656. The van der Waals surface area contributed by atoms with Crippen LogP contribution in [0.3, 0.4) is 0 Å². The van der Waals surface area contributed by atoms with Crippen LogP contribution >= 0.6 is 0 Å². The average Bonchev–Trinajstić information content (AvgIpc) is 2.54. The molecule has 0 aliphatic carbocycles. The minimum atomic E-state index is -4.71. The number of alkyl halides is 3. The predicted molar refractivity (Wildman–Crippen MR) is 77.7 cm³/mol. The largest absolute Gasteiger partial charge is 0.414 e. The normalized spacial score (nSPS) is 15.7. The quantitative estimate of drug-likeness (QED) is 0.674. The average molecular weight is 324 g/mol. The fourth-order valence-electron chi connectivity index (χ4n) is 2.02. The van der Waals surface area contributed by atoms with E-state index in [0.717, 1.165) is 6.92 Å². The van der Waals surface area contributed by atoms with E-state index in [0.29, 0.717) is 0 Å². The second kappa shape index (κ2) is 6.52. The number of hydrogen-bond acceptors (Lipinski definition) is 3. The number of benzene rings is 2. The monoisotopic (exact) mass is 324 g/mol. The highest BCUT2D eigenvalue weighted by Crippen LogP contribution is 2.33. The molecule has 0 amide bonds. The van der Waals surface area contributed by atoms with E-state index < -0.39 is 23.9 Å². The van der Waals surface area contributed by atoms with Crippen LogP contribution in [0.25, 0.3) is 0 Å². The van der Waals surface area contributed by atoms with Gasteiger partial charge in [-0.3, -0.25) is 4.79 Å². The van der Waals surface area contributed by atoms with E-state index in [2.05, 4.69) is 0 Å². The molecule has 2 rings (SSSR count). The number of carbonyl (C=O) groups excluding carboxylic acids is 1. The molecule has 0 aromatic heterocycles. The summed E-state index contributed by atoms with van der Waals surface area (Å²) in [5, 5.41) is 10.7. The van der Waals surface area contributed by atoms with Crippen molar-refractivity contribution in [2.75, 3.05) is 0 Å². The minimum Gasteiger partial charge on any atom is -0.356 e. The van der Waals surface area contributed by atoms with E-state index in [1.807, 2.05) is 0 Å². The zero-order valence-corrected chi connectivity index (χ0v) is 12.2. The molecular weight excluding hydrogens is 309 g/mol. The van der Waals surface area contributed by atoms with Gasteiger partial charge in [0.15, 0.2) is 6.10 Å². The first-order valence-electron chi connectivity index (χ1n) is 6.87. The lowest BCUT2D eigenvalue weighted by Crippen LogP contribution is -2.45. The topological polar surface area (TPSA) is 46.5 Å². The minimum absolute atomic E-state index is 0.0493. The molecule has 23 heavy (non-hydrogen) atoms. The second-order valence-electron chi connectivity index (χ2n) is 5.01. The van der Waals surface area contributed by atoms with Crippen molar-refractivity contribution in [1.29, 1.82) is 0 Å². The molecule has 0 spiro atoms. The van der Waals surface area contributed by atoms with Gasteiger partial charge in [0, 0.05) is 11.1 Å². The molecule has 2 aromatic rings. The molecule has 0 aliphatic rings. The Morgan fingerprint density at radius 1 is 1.00 bits per heavy atom. The number of rotatable bonds is 5. The molecule has 3 nitrogen and oxygen atoms in total. The summed E-state index contributed by atoms with van der Waals surface area (Å²) in [7, 11) is 0. The van der Waals surface area contributed by atoms with Crippen molar-refractivity contribution in [2.24, 2.45) is 0 Å². The van der Waals surface area contributed by atoms with Gasteiger partial charge in [-0.1, -0.05) is 60.7 Å². The number of Topliss-reactive ketones (excluding diaryl/α,β-unsaturated/α-hetero) is 1. The summed E-state index contributed by atoms with van der Waals surface area (Å²) in [6, 6.07) is 14.8. The molecule has 122 valence electrons. The van der Waals surface area contributed by atoms with Crippen LogP contribution in [-0.2, 0) is 10.5 Å². The molecule has 2 unspecified atom stereocenters. The lowest BCUT2D eigenvalue weighted by Gasteiger charge is -2.31. The van der Waals surface area contributed by atoms with Crippen LogP contribution in [0.1, 0.15) is 22.8 Å². The molecule has 2 atom stereocenters. The third-order valence-electron chi connectivity index (χ3n) is 3.32. The molecule has 0 saturated heterocycles. The zero-order chi connectivity index (χ0) is 17.1. The first-order chi connectivity index (χ1) is 10.7. The SMILES string of the molecule is CC(OC(O)(C(=O)c1ccccc1)c1ccccc1)C(F)(F)F. The summed E-state index contributed by atoms with van der Waals surface area (Å²) in [5.74, 6) is -3.68. The van der Waals surface area contributed by atoms with Gasteiger partial charge in [0.05, 0.1) is 0 Å². The van der Waals surface area contributed by atoms with Gasteiger partial charge in [0.2, 0.25) is 5.78 Å². The molecule has 0 aliphatic heterocycles. The standard InChI is InChI=1S/C17H15F3O3/c1-12(17(18,19)20)23-16(22,14-10-6-3-7-11-14)15(21)13-8-4-2-5-9-13/h2-12,22H,1H3. The Balaban J connectivity index is 2.46.